The van der Waals surface area contributed by atoms with Crippen LogP contribution in [0.15, 0.2) is 11.4 Å². The van der Waals surface area contributed by atoms with Gasteiger partial charge in [0.05, 0.1) is 7.11 Å². The van der Waals surface area contributed by atoms with Gasteiger partial charge in [-0.15, -0.1) is 0 Å². The van der Waals surface area contributed by atoms with Gasteiger partial charge >= 0.3 is 5.97 Å². The standard InChI is InChI=1S/C11H18ClFO2/c1-15-11(14)9-7-5-3-2-4-6-8-10(12)13/h8H,2-7,9H2,1H3/b10-8-. The third-order valence-electron chi connectivity index (χ3n) is 2.11. The summed E-state index contributed by atoms with van der Waals surface area (Å²) in [7, 11) is 1.40. The second-order valence-corrected chi connectivity index (χ2v) is 3.74. The largest absolute Gasteiger partial charge is 0.469 e. The maximum atomic E-state index is 12.0. The van der Waals surface area contributed by atoms with E-state index in [0.717, 1.165) is 32.1 Å². The first-order valence-electron chi connectivity index (χ1n) is 5.24. The van der Waals surface area contributed by atoms with Gasteiger partial charge in [-0.3, -0.25) is 4.79 Å². The number of halogens is 2. The highest BCUT2D eigenvalue weighted by Gasteiger charge is 1.98. The Morgan fingerprint density at radius 3 is 2.47 bits per heavy atom. The third-order valence-corrected chi connectivity index (χ3v) is 2.27. The van der Waals surface area contributed by atoms with Crippen molar-refractivity contribution in [3.63, 3.8) is 0 Å². The zero-order valence-electron chi connectivity index (χ0n) is 9.10. The topological polar surface area (TPSA) is 26.3 Å². The maximum Gasteiger partial charge on any atom is 0.305 e. The fourth-order valence-corrected chi connectivity index (χ4v) is 1.37. The summed E-state index contributed by atoms with van der Waals surface area (Å²) in [5.74, 6) is -0.151. The molecule has 0 amide bonds. The van der Waals surface area contributed by atoms with Crippen molar-refractivity contribution in [2.75, 3.05) is 7.11 Å². The molecule has 0 aromatic heterocycles. The lowest BCUT2D eigenvalue weighted by Gasteiger charge is -1.99. The Labute approximate surface area is 95.4 Å². The number of ether oxygens (including phenoxy) is 1. The summed E-state index contributed by atoms with van der Waals surface area (Å²) in [5, 5.41) is -0.624. The van der Waals surface area contributed by atoms with Crippen molar-refractivity contribution in [2.24, 2.45) is 0 Å². The van der Waals surface area contributed by atoms with Gasteiger partial charge in [0.15, 0.2) is 5.29 Å². The highest BCUT2D eigenvalue weighted by molar-refractivity contribution is 6.28. The molecule has 0 saturated carbocycles. The van der Waals surface area contributed by atoms with Crippen LogP contribution >= 0.6 is 11.6 Å². The first-order valence-corrected chi connectivity index (χ1v) is 5.62. The molecule has 2 nitrogen and oxygen atoms in total. The lowest BCUT2D eigenvalue weighted by molar-refractivity contribution is -0.140. The number of carbonyl (C=O) groups is 1. The van der Waals surface area contributed by atoms with E-state index in [4.69, 9.17) is 11.6 Å². The molecule has 0 fully saturated rings. The second kappa shape index (κ2) is 9.97. The molecule has 0 aromatic carbocycles. The van der Waals surface area contributed by atoms with E-state index in [0.29, 0.717) is 12.8 Å². The van der Waals surface area contributed by atoms with Crippen LogP contribution in [0, 0.1) is 0 Å². The number of rotatable bonds is 8. The minimum atomic E-state index is -0.624. The number of allylic oxidation sites excluding steroid dienone is 1. The minimum absolute atomic E-state index is 0.151. The van der Waals surface area contributed by atoms with Crippen molar-refractivity contribution < 1.29 is 13.9 Å². The number of methoxy groups -OCH3 is 1. The van der Waals surface area contributed by atoms with E-state index in [-0.39, 0.29) is 5.97 Å². The van der Waals surface area contributed by atoms with E-state index in [1.165, 1.54) is 13.2 Å². The minimum Gasteiger partial charge on any atom is -0.469 e. The molecule has 0 unspecified atom stereocenters. The lowest BCUT2D eigenvalue weighted by atomic mass is 10.1. The van der Waals surface area contributed by atoms with E-state index in [2.05, 4.69) is 4.74 Å². The zero-order chi connectivity index (χ0) is 11.5. The summed E-state index contributed by atoms with van der Waals surface area (Å²) in [5.41, 5.74) is 0. The molecule has 0 radical (unpaired) electrons. The number of carbonyl (C=O) groups excluding carboxylic acids is 1. The van der Waals surface area contributed by atoms with Gasteiger partial charge in [-0.25, -0.2) is 0 Å². The van der Waals surface area contributed by atoms with Crippen LogP contribution in [-0.4, -0.2) is 13.1 Å². The molecule has 0 heterocycles. The highest BCUT2D eigenvalue weighted by Crippen LogP contribution is 2.10. The van der Waals surface area contributed by atoms with Gasteiger partial charge < -0.3 is 4.74 Å². The van der Waals surface area contributed by atoms with Gasteiger partial charge in [-0.2, -0.15) is 4.39 Å². The average molecular weight is 237 g/mol. The first-order chi connectivity index (χ1) is 7.16. The molecule has 0 atom stereocenters. The number of esters is 1. The van der Waals surface area contributed by atoms with Gasteiger partial charge in [0.1, 0.15) is 0 Å². The van der Waals surface area contributed by atoms with Crippen LogP contribution in [0.1, 0.15) is 44.9 Å². The van der Waals surface area contributed by atoms with Gasteiger partial charge in [0.25, 0.3) is 0 Å². The SMILES string of the molecule is COC(=O)CCCCCCC/C=C(\F)Cl. The van der Waals surface area contributed by atoms with E-state index in [1.54, 1.807) is 0 Å². The highest BCUT2D eigenvalue weighted by atomic mass is 35.5. The van der Waals surface area contributed by atoms with Crippen molar-refractivity contribution >= 4 is 17.6 Å². The summed E-state index contributed by atoms with van der Waals surface area (Å²) in [6, 6.07) is 0. The lowest BCUT2D eigenvalue weighted by Crippen LogP contribution is -1.98. The Balaban J connectivity index is 3.12. The summed E-state index contributed by atoms with van der Waals surface area (Å²) in [4.78, 5) is 10.7. The van der Waals surface area contributed by atoms with Crippen LogP contribution in [0.2, 0.25) is 0 Å². The molecule has 0 aliphatic carbocycles. The normalized spacial score (nSPS) is 11.5. The number of hydrogen-bond donors (Lipinski definition) is 0. The summed E-state index contributed by atoms with van der Waals surface area (Å²) < 4.78 is 16.6. The molecule has 0 rings (SSSR count). The van der Waals surface area contributed by atoms with Gasteiger partial charge in [-0.05, 0) is 25.3 Å². The molecular formula is C11H18ClFO2. The molecule has 0 aliphatic rings. The Hall–Kier alpha value is -0.570. The Bertz CT molecular complexity index is 201. The van der Waals surface area contributed by atoms with Crippen LogP contribution in [0.4, 0.5) is 4.39 Å². The number of hydrogen-bond acceptors (Lipinski definition) is 2. The summed E-state index contributed by atoms with van der Waals surface area (Å²) in [6.45, 7) is 0. The molecule has 15 heavy (non-hydrogen) atoms. The Morgan fingerprint density at radius 1 is 1.27 bits per heavy atom. The van der Waals surface area contributed by atoms with Crippen molar-refractivity contribution in [1.29, 1.82) is 0 Å². The Morgan fingerprint density at radius 2 is 1.87 bits per heavy atom. The third kappa shape index (κ3) is 11.4. The maximum absolute atomic E-state index is 12.0. The quantitative estimate of drug-likeness (QED) is 0.471. The van der Waals surface area contributed by atoms with Crippen LogP contribution < -0.4 is 0 Å². The van der Waals surface area contributed by atoms with E-state index in [9.17, 15) is 9.18 Å². The van der Waals surface area contributed by atoms with Crippen LogP contribution in [0.3, 0.4) is 0 Å². The fourth-order valence-electron chi connectivity index (χ4n) is 1.26. The van der Waals surface area contributed by atoms with Crippen LogP contribution in [0.25, 0.3) is 0 Å². The van der Waals surface area contributed by atoms with E-state index < -0.39 is 5.29 Å². The van der Waals surface area contributed by atoms with E-state index in [1.807, 2.05) is 0 Å². The van der Waals surface area contributed by atoms with Gasteiger partial charge in [0.2, 0.25) is 0 Å². The average Bonchev–Trinajstić information content (AvgIpc) is 2.21. The molecule has 0 bridgehead atoms. The van der Waals surface area contributed by atoms with E-state index >= 15 is 0 Å². The smallest absolute Gasteiger partial charge is 0.305 e. The van der Waals surface area contributed by atoms with Crippen LogP contribution in [-0.2, 0) is 9.53 Å². The fraction of sp³-hybridized carbons (Fsp3) is 0.727. The van der Waals surface area contributed by atoms with Crippen LogP contribution in [0.5, 0.6) is 0 Å². The zero-order valence-corrected chi connectivity index (χ0v) is 9.86. The van der Waals surface area contributed by atoms with Gasteiger partial charge in [-0.1, -0.05) is 30.9 Å². The van der Waals surface area contributed by atoms with Crippen molar-refractivity contribution in [3.8, 4) is 0 Å². The monoisotopic (exact) mass is 236 g/mol. The predicted molar refractivity (Wildman–Crippen MR) is 59.4 cm³/mol. The molecule has 0 aliphatic heterocycles. The molecule has 4 heteroatoms. The molecule has 88 valence electrons. The Kier molecular flexibility index (Phi) is 9.59. The van der Waals surface area contributed by atoms with Crippen molar-refractivity contribution in [1.82, 2.24) is 0 Å². The molecule has 0 aromatic rings. The first kappa shape index (κ1) is 14.4. The van der Waals surface area contributed by atoms with Gasteiger partial charge in [0, 0.05) is 6.42 Å². The number of unbranched alkanes of at least 4 members (excludes halogenated alkanes) is 5. The molecule has 0 saturated heterocycles. The second-order valence-electron chi connectivity index (χ2n) is 3.38. The molecule has 0 spiro atoms. The predicted octanol–water partition coefficient (Wildman–Crippen LogP) is 3.94. The summed E-state index contributed by atoms with van der Waals surface area (Å²) >= 11 is 5.03. The van der Waals surface area contributed by atoms with Crippen molar-refractivity contribution in [2.45, 2.75) is 44.9 Å². The van der Waals surface area contributed by atoms with Crippen molar-refractivity contribution in [3.05, 3.63) is 11.4 Å². The molecular weight excluding hydrogens is 219 g/mol. The summed E-state index contributed by atoms with van der Waals surface area (Å²) in [6.07, 6.45) is 7.50. The molecule has 0 N–H and O–H groups in total.